The molecule has 2 aliphatic rings. The minimum Gasteiger partial charge on any atom is -0.314 e. The lowest BCUT2D eigenvalue weighted by Crippen LogP contribution is -2.42. The molecule has 0 bridgehead atoms. The summed E-state index contributed by atoms with van der Waals surface area (Å²) in [6, 6.07) is 0.152. The second-order valence-electron chi connectivity index (χ2n) is 4.82. The quantitative estimate of drug-likeness (QED) is 0.783. The van der Waals surface area contributed by atoms with Crippen LogP contribution in [0, 0.1) is 11.8 Å². The molecule has 1 saturated carbocycles. The molecule has 1 N–H and O–H groups in total. The predicted octanol–water partition coefficient (Wildman–Crippen LogP) is 1.99. The number of ketones is 1. The molecule has 2 fully saturated rings. The summed E-state index contributed by atoms with van der Waals surface area (Å²) in [5.74, 6) is -3.24. The Bertz CT molecular complexity index is 267. The molecular weight excluding hydrogens is 200 g/mol. The van der Waals surface area contributed by atoms with Gasteiger partial charge in [-0.1, -0.05) is 0 Å². The third-order valence-electron chi connectivity index (χ3n) is 3.58. The molecule has 2 nitrogen and oxygen atoms in total. The predicted molar refractivity (Wildman–Crippen MR) is 52.9 cm³/mol. The minimum atomic E-state index is -2.55. The molecule has 0 aromatic rings. The fourth-order valence-corrected chi connectivity index (χ4v) is 2.37. The van der Waals surface area contributed by atoms with E-state index in [1.807, 2.05) is 6.92 Å². The van der Waals surface area contributed by atoms with Gasteiger partial charge in [0.2, 0.25) is 0 Å². The van der Waals surface area contributed by atoms with Crippen molar-refractivity contribution in [3.63, 3.8) is 0 Å². The van der Waals surface area contributed by atoms with Crippen LogP contribution in [0.1, 0.15) is 32.6 Å². The van der Waals surface area contributed by atoms with Gasteiger partial charge in [-0.3, -0.25) is 4.79 Å². The highest BCUT2D eigenvalue weighted by Crippen LogP contribution is 2.51. The molecule has 1 aliphatic carbocycles. The van der Waals surface area contributed by atoms with E-state index in [1.165, 1.54) is 0 Å². The number of rotatable bonds is 3. The van der Waals surface area contributed by atoms with Crippen LogP contribution in [0.4, 0.5) is 8.78 Å². The molecular formula is C11H17F2NO. The number of piperidine rings is 1. The third kappa shape index (κ3) is 2.36. The summed E-state index contributed by atoms with van der Waals surface area (Å²) in [7, 11) is 0. The largest absolute Gasteiger partial charge is 0.314 e. The highest BCUT2D eigenvalue weighted by molar-refractivity contribution is 5.82. The van der Waals surface area contributed by atoms with Crippen LogP contribution in [-0.4, -0.2) is 24.3 Å². The summed E-state index contributed by atoms with van der Waals surface area (Å²) in [5.41, 5.74) is 0. The van der Waals surface area contributed by atoms with Gasteiger partial charge < -0.3 is 5.32 Å². The number of hydrogen-bond donors (Lipinski definition) is 1. The number of carbonyl (C=O) groups is 1. The molecule has 15 heavy (non-hydrogen) atoms. The lowest BCUT2D eigenvalue weighted by Gasteiger charge is -2.28. The average molecular weight is 217 g/mol. The molecule has 0 radical (unpaired) electrons. The first-order valence-electron chi connectivity index (χ1n) is 5.64. The van der Waals surface area contributed by atoms with Crippen LogP contribution in [0.5, 0.6) is 0 Å². The minimum absolute atomic E-state index is 0.0249. The molecule has 86 valence electrons. The first-order valence-corrected chi connectivity index (χ1v) is 5.64. The van der Waals surface area contributed by atoms with E-state index in [-0.39, 0.29) is 30.6 Å². The van der Waals surface area contributed by atoms with Crippen LogP contribution >= 0.6 is 0 Å². The van der Waals surface area contributed by atoms with Crippen molar-refractivity contribution in [3.05, 3.63) is 0 Å². The molecule has 4 heteroatoms. The van der Waals surface area contributed by atoms with Crippen LogP contribution < -0.4 is 5.32 Å². The molecule has 1 saturated heterocycles. The van der Waals surface area contributed by atoms with E-state index in [0.29, 0.717) is 0 Å². The summed E-state index contributed by atoms with van der Waals surface area (Å²) < 4.78 is 25.3. The summed E-state index contributed by atoms with van der Waals surface area (Å²) in [6.07, 6.45) is 1.81. The Morgan fingerprint density at radius 1 is 1.53 bits per heavy atom. The number of carbonyl (C=O) groups excluding carboxylic acids is 1. The Balaban J connectivity index is 1.85. The number of hydrogen-bond acceptors (Lipinski definition) is 2. The van der Waals surface area contributed by atoms with Crippen molar-refractivity contribution in [2.75, 3.05) is 6.54 Å². The molecule has 0 aromatic carbocycles. The Morgan fingerprint density at radius 2 is 2.20 bits per heavy atom. The number of halogens is 2. The highest BCUT2D eigenvalue weighted by atomic mass is 19.3. The maximum Gasteiger partial charge on any atom is 0.252 e. The summed E-state index contributed by atoms with van der Waals surface area (Å²) in [6.45, 7) is 2.90. The summed E-state index contributed by atoms with van der Waals surface area (Å²) in [5, 5.41) is 3.22. The van der Waals surface area contributed by atoms with Crippen LogP contribution in [0.2, 0.25) is 0 Å². The fraction of sp³-hybridized carbons (Fsp3) is 0.909. The second-order valence-corrected chi connectivity index (χ2v) is 4.82. The van der Waals surface area contributed by atoms with Crippen molar-refractivity contribution in [3.8, 4) is 0 Å². The molecule has 1 heterocycles. The molecule has 3 atom stereocenters. The van der Waals surface area contributed by atoms with Gasteiger partial charge in [0, 0.05) is 30.7 Å². The van der Waals surface area contributed by atoms with Crippen molar-refractivity contribution in [1.82, 2.24) is 5.32 Å². The van der Waals surface area contributed by atoms with Gasteiger partial charge in [0.25, 0.3) is 5.92 Å². The van der Waals surface area contributed by atoms with E-state index in [2.05, 4.69) is 5.32 Å². The smallest absolute Gasteiger partial charge is 0.252 e. The van der Waals surface area contributed by atoms with E-state index < -0.39 is 11.8 Å². The van der Waals surface area contributed by atoms with Gasteiger partial charge in [-0.05, 0) is 26.3 Å². The van der Waals surface area contributed by atoms with Gasteiger partial charge in [-0.25, -0.2) is 8.78 Å². The molecule has 1 aliphatic heterocycles. The van der Waals surface area contributed by atoms with Crippen molar-refractivity contribution in [2.45, 2.75) is 44.6 Å². The summed E-state index contributed by atoms with van der Waals surface area (Å²) in [4.78, 5) is 11.8. The number of alkyl halides is 2. The van der Waals surface area contributed by atoms with E-state index in [1.54, 1.807) is 0 Å². The Kier molecular flexibility index (Phi) is 2.79. The van der Waals surface area contributed by atoms with Gasteiger partial charge in [0.05, 0.1) is 0 Å². The molecule has 3 unspecified atom stereocenters. The van der Waals surface area contributed by atoms with Gasteiger partial charge in [0.1, 0.15) is 5.78 Å². The van der Waals surface area contributed by atoms with Crippen molar-refractivity contribution >= 4 is 5.78 Å². The number of Topliss-reactive ketones (excluding diaryl/α,β-unsaturated/α-hetero) is 1. The van der Waals surface area contributed by atoms with Gasteiger partial charge in [-0.2, -0.15) is 0 Å². The van der Waals surface area contributed by atoms with Crippen LogP contribution in [-0.2, 0) is 4.79 Å². The van der Waals surface area contributed by atoms with Crippen molar-refractivity contribution in [2.24, 2.45) is 11.8 Å². The maximum absolute atomic E-state index is 12.7. The van der Waals surface area contributed by atoms with Crippen molar-refractivity contribution < 1.29 is 13.6 Å². The maximum atomic E-state index is 12.7. The Labute approximate surface area is 88.4 Å². The van der Waals surface area contributed by atoms with Crippen LogP contribution in [0.25, 0.3) is 0 Å². The van der Waals surface area contributed by atoms with Gasteiger partial charge in [0.15, 0.2) is 0 Å². The highest BCUT2D eigenvalue weighted by Gasteiger charge is 2.57. The molecule has 0 aromatic heterocycles. The zero-order chi connectivity index (χ0) is 11.1. The Morgan fingerprint density at radius 3 is 2.73 bits per heavy atom. The lowest BCUT2D eigenvalue weighted by atomic mass is 9.86. The van der Waals surface area contributed by atoms with E-state index >= 15 is 0 Å². The lowest BCUT2D eigenvalue weighted by molar-refractivity contribution is -0.125. The average Bonchev–Trinajstić information content (AvgIpc) is 2.74. The molecule has 2 rings (SSSR count). The first-order chi connectivity index (χ1) is 7.00. The van der Waals surface area contributed by atoms with E-state index in [0.717, 1.165) is 19.4 Å². The SMILES string of the molecule is CC1NCCCC1C(=O)CC1CC1(F)F. The zero-order valence-electron chi connectivity index (χ0n) is 8.93. The third-order valence-corrected chi connectivity index (χ3v) is 3.58. The summed E-state index contributed by atoms with van der Waals surface area (Å²) >= 11 is 0. The zero-order valence-corrected chi connectivity index (χ0v) is 8.93. The van der Waals surface area contributed by atoms with E-state index in [9.17, 15) is 13.6 Å². The van der Waals surface area contributed by atoms with Gasteiger partial charge in [-0.15, -0.1) is 0 Å². The molecule has 0 amide bonds. The number of nitrogens with one attached hydrogen (secondary N) is 1. The Hall–Kier alpha value is -0.510. The van der Waals surface area contributed by atoms with E-state index in [4.69, 9.17) is 0 Å². The standard InChI is InChI=1S/C11H17F2NO/c1-7-9(3-2-4-14-7)10(15)5-8-6-11(8,12)13/h7-9,14H,2-6H2,1H3. The normalized spacial score (nSPS) is 38.7. The topological polar surface area (TPSA) is 29.1 Å². The fourth-order valence-electron chi connectivity index (χ4n) is 2.37. The van der Waals surface area contributed by atoms with Crippen LogP contribution in [0.3, 0.4) is 0 Å². The monoisotopic (exact) mass is 217 g/mol. The van der Waals surface area contributed by atoms with Crippen LogP contribution in [0.15, 0.2) is 0 Å². The second kappa shape index (κ2) is 3.81. The van der Waals surface area contributed by atoms with Crippen molar-refractivity contribution in [1.29, 1.82) is 0 Å². The van der Waals surface area contributed by atoms with Gasteiger partial charge >= 0.3 is 0 Å². The first kappa shape index (κ1) is 11.0. The molecule has 0 spiro atoms.